The van der Waals surface area contributed by atoms with E-state index in [2.05, 4.69) is 68.0 Å². The van der Waals surface area contributed by atoms with E-state index < -0.39 is 0 Å². The summed E-state index contributed by atoms with van der Waals surface area (Å²) < 4.78 is 7.66. The van der Waals surface area contributed by atoms with Gasteiger partial charge in [0.25, 0.3) is 5.56 Å². The van der Waals surface area contributed by atoms with Gasteiger partial charge in [-0.05, 0) is 87.7 Å². The van der Waals surface area contributed by atoms with E-state index in [1.807, 2.05) is 12.1 Å². The number of aromatic amines is 1. The molecule has 0 spiro atoms. The molecule has 158 valence electrons. The molecular weight excluding hydrogens is 540 g/mol. The number of rotatable bonds is 4. The first-order valence-electron chi connectivity index (χ1n) is 10.2. The molecule has 31 heavy (non-hydrogen) atoms. The smallest absolute Gasteiger partial charge is 0.260 e. The maximum absolute atomic E-state index is 12.9. The predicted molar refractivity (Wildman–Crippen MR) is 133 cm³/mol. The van der Waals surface area contributed by atoms with Crippen molar-refractivity contribution in [2.24, 2.45) is 0 Å². The monoisotopic (exact) mass is 558 g/mol. The average Bonchev–Trinajstić information content (AvgIpc) is 3.13. The third-order valence-electron chi connectivity index (χ3n) is 5.60. The minimum absolute atomic E-state index is 0.0497. The molecular formula is C24H20Br2N2O2S. The number of hydrogen-bond donors (Lipinski definition) is 1. The van der Waals surface area contributed by atoms with Gasteiger partial charge in [-0.3, -0.25) is 4.79 Å². The molecule has 7 heteroatoms. The van der Waals surface area contributed by atoms with Crippen LogP contribution in [0, 0.1) is 6.92 Å². The van der Waals surface area contributed by atoms with Crippen LogP contribution in [0.25, 0.3) is 21.6 Å². The van der Waals surface area contributed by atoms with Crippen molar-refractivity contribution in [1.29, 1.82) is 0 Å². The number of aromatic nitrogens is 2. The van der Waals surface area contributed by atoms with Gasteiger partial charge in [-0.15, -0.1) is 11.3 Å². The molecule has 0 aliphatic heterocycles. The molecule has 1 N–H and O–H groups in total. The Kier molecular flexibility index (Phi) is 5.75. The highest BCUT2D eigenvalue weighted by Gasteiger charge is 2.20. The fourth-order valence-electron chi connectivity index (χ4n) is 3.97. The first-order valence-corrected chi connectivity index (χ1v) is 12.6. The van der Waals surface area contributed by atoms with E-state index in [1.54, 1.807) is 11.3 Å². The van der Waals surface area contributed by atoms with E-state index in [0.29, 0.717) is 12.4 Å². The zero-order chi connectivity index (χ0) is 21.5. The molecule has 2 aromatic heterocycles. The van der Waals surface area contributed by atoms with E-state index in [1.165, 1.54) is 22.4 Å². The second-order valence-corrected chi connectivity index (χ2v) is 10.6. The molecule has 1 aliphatic rings. The van der Waals surface area contributed by atoms with Crippen molar-refractivity contribution >= 4 is 53.4 Å². The molecule has 1 aliphatic carbocycles. The van der Waals surface area contributed by atoms with Gasteiger partial charge in [0.2, 0.25) is 0 Å². The van der Waals surface area contributed by atoms with E-state index in [-0.39, 0.29) is 5.56 Å². The Hall–Kier alpha value is -1.96. The third-order valence-corrected chi connectivity index (χ3v) is 7.96. The van der Waals surface area contributed by atoms with Crippen LogP contribution in [0.2, 0.25) is 0 Å². The molecule has 0 saturated heterocycles. The number of hydrogen-bond acceptors (Lipinski definition) is 4. The molecule has 0 saturated carbocycles. The maximum atomic E-state index is 12.9. The molecule has 0 bridgehead atoms. The number of benzene rings is 2. The first-order chi connectivity index (χ1) is 15.0. The Bertz CT molecular complexity index is 1320. The Labute approximate surface area is 201 Å². The van der Waals surface area contributed by atoms with Crippen molar-refractivity contribution in [1.82, 2.24) is 9.97 Å². The van der Waals surface area contributed by atoms with E-state index in [9.17, 15) is 4.79 Å². The summed E-state index contributed by atoms with van der Waals surface area (Å²) in [5, 5.41) is 0.777. The van der Waals surface area contributed by atoms with Crippen molar-refractivity contribution in [3.05, 3.63) is 77.3 Å². The number of H-pyrrole nitrogens is 1. The van der Waals surface area contributed by atoms with Crippen LogP contribution in [0.15, 0.2) is 50.1 Å². The van der Waals surface area contributed by atoms with Gasteiger partial charge in [0, 0.05) is 10.4 Å². The molecule has 0 atom stereocenters. The van der Waals surface area contributed by atoms with E-state index >= 15 is 0 Å². The fraction of sp³-hybridized carbons (Fsp3) is 0.250. The maximum Gasteiger partial charge on any atom is 0.260 e. The van der Waals surface area contributed by atoms with Gasteiger partial charge < -0.3 is 9.72 Å². The number of aryl methyl sites for hydroxylation is 3. The summed E-state index contributed by atoms with van der Waals surface area (Å²) in [7, 11) is 0. The fourth-order valence-corrected chi connectivity index (χ4v) is 6.65. The SMILES string of the molecule is Cc1ccc(COc2c(Br)cc(-c3nc4sc5c(c4c(=O)[nH]3)CCCC5)cc2Br)cc1. The number of nitrogens with zero attached hydrogens (tertiary/aromatic N) is 1. The summed E-state index contributed by atoms with van der Waals surface area (Å²) in [5.41, 5.74) is 4.30. The summed E-state index contributed by atoms with van der Waals surface area (Å²) in [6, 6.07) is 12.2. The molecule has 2 aromatic carbocycles. The van der Waals surface area contributed by atoms with Gasteiger partial charge in [0.1, 0.15) is 23.0 Å². The Morgan fingerprint density at radius 2 is 1.81 bits per heavy atom. The lowest BCUT2D eigenvalue weighted by Gasteiger charge is -2.12. The zero-order valence-electron chi connectivity index (χ0n) is 16.9. The molecule has 2 heterocycles. The van der Waals surface area contributed by atoms with E-state index in [0.717, 1.165) is 55.3 Å². The highest BCUT2D eigenvalue weighted by Crippen LogP contribution is 2.39. The lowest BCUT2D eigenvalue weighted by molar-refractivity contribution is 0.302. The van der Waals surface area contributed by atoms with Gasteiger partial charge in [0.05, 0.1) is 14.3 Å². The largest absolute Gasteiger partial charge is 0.487 e. The molecule has 4 aromatic rings. The first kappa shape index (κ1) is 20.9. The summed E-state index contributed by atoms with van der Waals surface area (Å²) in [6.45, 7) is 2.54. The highest BCUT2D eigenvalue weighted by atomic mass is 79.9. The van der Waals surface area contributed by atoms with Crippen LogP contribution in [0.5, 0.6) is 5.75 Å². The number of fused-ring (bicyclic) bond motifs is 3. The summed E-state index contributed by atoms with van der Waals surface area (Å²) in [4.78, 5) is 22.8. The predicted octanol–water partition coefficient (Wildman–Crippen LogP) is 6.94. The van der Waals surface area contributed by atoms with Crippen LogP contribution in [0.1, 0.15) is 34.4 Å². The summed E-state index contributed by atoms with van der Waals surface area (Å²) >= 11 is 8.91. The van der Waals surface area contributed by atoms with Crippen LogP contribution in [0.3, 0.4) is 0 Å². The molecule has 0 unspecified atom stereocenters. The summed E-state index contributed by atoms with van der Waals surface area (Å²) in [6.07, 6.45) is 4.36. The number of halogens is 2. The topological polar surface area (TPSA) is 55.0 Å². The molecule has 5 rings (SSSR count). The van der Waals surface area contributed by atoms with Crippen LogP contribution in [-0.4, -0.2) is 9.97 Å². The van der Waals surface area contributed by atoms with Crippen molar-refractivity contribution in [2.45, 2.75) is 39.2 Å². The van der Waals surface area contributed by atoms with Gasteiger partial charge in [-0.2, -0.15) is 0 Å². The van der Waals surface area contributed by atoms with E-state index in [4.69, 9.17) is 9.72 Å². The number of ether oxygens (including phenoxy) is 1. The minimum atomic E-state index is -0.0497. The normalized spacial score (nSPS) is 13.4. The second-order valence-electron chi connectivity index (χ2n) is 7.85. The quantitative estimate of drug-likeness (QED) is 0.294. The van der Waals surface area contributed by atoms with Gasteiger partial charge in [-0.1, -0.05) is 29.8 Å². The Balaban J connectivity index is 1.47. The molecule has 4 nitrogen and oxygen atoms in total. The number of nitrogens with one attached hydrogen (secondary N) is 1. The highest BCUT2D eigenvalue weighted by molar-refractivity contribution is 9.11. The van der Waals surface area contributed by atoms with Crippen molar-refractivity contribution in [3.63, 3.8) is 0 Å². The van der Waals surface area contributed by atoms with Crippen LogP contribution >= 0.6 is 43.2 Å². The number of thiophene rings is 1. The Morgan fingerprint density at radius 1 is 1.10 bits per heavy atom. The molecule has 0 amide bonds. The Morgan fingerprint density at radius 3 is 2.55 bits per heavy atom. The zero-order valence-corrected chi connectivity index (χ0v) is 20.9. The second kappa shape index (κ2) is 8.52. The van der Waals surface area contributed by atoms with Gasteiger partial charge in [-0.25, -0.2) is 4.98 Å². The average molecular weight is 560 g/mol. The third kappa shape index (κ3) is 4.11. The molecule has 0 radical (unpaired) electrons. The minimum Gasteiger partial charge on any atom is -0.487 e. The lowest BCUT2D eigenvalue weighted by atomic mass is 9.97. The van der Waals surface area contributed by atoms with Crippen molar-refractivity contribution in [3.8, 4) is 17.1 Å². The lowest BCUT2D eigenvalue weighted by Crippen LogP contribution is -2.11. The van der Waals surface area contributed by atoms with Crippen LogP contribution in [-0.2, 0) is 19.4 Å². The van der Waals surface area contributed by atoms with Gasteiger partial charge >= 0.3 is 0 Å². The van der Waals surface area contributed by atoms with Crippen molar-refractivity contribution in [2.75, 3.05) is 0 Å². The molecule has 0 fully saturated rings. The standard InChI is InChI=1S/C24H20Br2N2O2S/c1-13-6-8-14(9-7-13)12-30-21-17(25)10-15(11-18(21)26)22-27-23(29)20-16-4-2-3-5-19(16)31-24(20)28-22/h6-11H,2-5,12H2,1H3,(H,27,28,29). The van der Waals surface area contributed by atoms with Crippen LogP contribution in [0.4, 0.5) is 0 Å². The van der Waals surface area contributed by atoms with Crippen molar-refractivity contribution < 1.29 is 4.74 Å². The van der Waals surface area contributed by atoms with Gasteiger partial charge in [0.15, 0.2) is 0 Å². The van der Waals surface area contributed by atoms with Crippen LogP contribution < -0.4 is 10.3 Å². The summed E-state index contributed by atoms with van der Waals surface area (Å²) in [5.74, 6) is 1.29.